The number of halogens is 1. The molecule has 1 aromatic heterocycles. The zero-order chi connectivity index (χ0) is 13.8. The van der Waals surface area contributed by atoms with E-state index in [4.69, 9.17) is 0 Å². The Morgan fingerprint density at radius 3 is 2.89 bits per heavy atom. The molecule has 2 rings (SSSR count). The van der Waals surface area contributed by atoms with Crippen LogP contribution in [0.4, 0.5) is 5.69 Å². The van der Waals surface area contributed by atoms with Gasteiger partial charge in [-0.15, -0.1) is 0 Å². The Labute approximate surface area is 119 Å². The van der Waals surface area contributed by atoms with Crippen LogP contribution in [0.5, 0.6) is 0 Å². The fourth-order valence-corrected chi connectivity index (χ4v) is 2.22. The number of aryl methyl sites for hydroxylation is 1. The van der Waals surface area contributed by atoms with E-state index >= 15 is 0 Å². The second-order valence-corrected chi connectivity index (χ2v) is 5.02. The number of carbonyl (C=O) groups is 1. The van der Waals surface area contributed by atoms with Crippen molar-refractivity contribution in [3.05, 3.63) is 57.8 Å². The molecule has 0 aliphatic carbocycles. The van der Waals surface area contributed by atoms with Gasteiger partial charge in [-0.25, -0.2) is 0 Å². The summed E-state index contributed by atoms with van der Waals surface area (Å²) in [5.41, 5.74) is 2.63. The number of hydrogen-bond acceptors (Lipinski definition) is 3. The lowest BCUT2D eigenvalue weighted by molar-refractivity contribution is 0.102. The third-order valence-electron chi connectivity index (χ3n) is 2.76. The second-order valence-electron chi connectivity index (χ2n) is 4.10. The Morgan fingerprint density at radius 2 is 2.21 bits per heavy atom. The van der Waals surface area contributed by atoms with E-state index in [0.717, 1.165) is 10.0 Å². The summed E-state index contributed by atoms with van der Waals surface area (Å²) in [4.78, 5) is 16.1. The van der Waals surface area contributed by atoms with E-state index in [1.54, 1.807) is 18.3 Å². The van der Waals surface area contributed by atoms with Crippen LogP contribution in [0, 0.1) is 6.92 Å². The van der Waals surface area contributed by atoms with Crippen molar-refractivity contribution in [3.63, 3.8) is 0 Å². The minimum absolute atomic E-state index is 0.141. The van der Waals surface area contributed by atoms with Crippen LogP contribution >= 0.6 is 15.9 Å². The number of amides is 1. The lowest BCUT2D eigenvalue weighted by atomic mass is 10.1. The summed E-state index contributed by atoms with van der Waals surface area (Å²) in [5.74, 6) is -0.215. The predicted molar refractivity (Wildman–Crippen MR) is 77.0 cm³/mol. The molecule has 0 saturated carbocycles. The molecule has 2 aromatic rings. The standard InChI is InChI=1S/C14H13BrN2O2/c1-9-6-11(15)2-3-12(9)14(19)17-13-7-16-5-4-10(13)8-18/h2-7,18H,8H2,1H3,(H,17,19). The van der Waals surface area contributed by atoms with Crippen molar-refractivity contribution in [1.82, 2.24) is 4.98 Å². The van der Waals surface area contributed by atoms with Crippen LogP contribution in [0.25, 0.3) is 0 Å². The number of aromatic nitrogens is 1. The summed E-state index contributed by atoms with van der Waals surface area (Å²) < 4.78 is 0.930. The topological polar surface area (TPSA) is 62.2 Å². The van der Waals surface area contributed by atoms with E-state index in [1.165, 1.54) is 6.20 Å². The molecule has 1 heterocycles. The molecule has 1 aromatic carbocycles. The van der Waals surface area contributed by atoms with Crippen LogP contribution in [0.1, 0.15) is 21.5 Å². The highest BCUT2D eigenvalue weighted by Crippen LogP contribution is 2.19. The molecule has 0 bridgehead atoms. The highest BCUT2D eigenvalue weighted by molar-refractivity contribution is 9.10. The smallest absolute Gasteiger partial charge is 0.255 e. The largest absolute Gasteiger partial charge is 0.392 e. The average molecular weight is 321 g/mol. The molecule has 0 saturated heterocycles. The molecule has 0 fully saturated rings. The molecule has 0 spiro atoms. The minimum atomic E-state index is -0.215. The van der Waals surface area contributed by atoms with Gasteiger partial charge in [0.25, 0.3) is 5.91 Å². The molecule has 2 N–H and O–H groups in total. The minimum Gasteiger partial charge on any atom is -0.392 e. The zero-order valence-corrected chi connectivity index (χ0v) is 11.9. The first-order valence-electron chi connectivity index (χ1n) is 5.73. The number of hydrogen-bond donors (Lipinski definition) is 2. The van der Waals surface area contributed by atoms with Crippen molar-refractivity contribution in [1.29, 1.82) is 0 Å². The Balaban J connectivity index is 2.26. The summed E-state index contributed by atoms with van der Waals surface area (Å²) in [7, 11) is 0. The lowest BCUT2D eigenvalue weighted by Crippen LogP contribution is -2.14. The quantitative estimate of drug-likeness (QED) is 0.914. The van der Waals surface area contributed by atoms with Gasteiger partial charge in [-0.05, 0) is 36.8 Å². The second kappa shape index (κ2) is 5.95. The predicted octanol–water partition coefficient (Wildman–Crippen LogP) is 2.90. The number of nitrogens with one attached hydrogen (secondary N) is 1. The van der Waals surface area contributed by atoms with E-state index in [1.807, 2.05) is 19.1 Å². The van der Waals surface area contributed by atoms with Gasteiger partial charge in [0.1, 0.15) is 0 Å². The fourth-order valence-electron chi connectivity index (χ4n) is 1.75. The molecule has 5 heteroatoms. The van der Waals surface area contributed by atoms with E-state index in [2.05, 4.69) is 26.2 Å². The van der Waals surface area contributed by atoms with Gasteiger partial charge < -0.3 is 10.4 Å². The highest BCUT2D eigenvalue weighted by atomic mass is 79.9. The van der Waals surface area contributed by atoms with Gasteiger partial charge in [0.2, 0.25) is 0 Å². The lowest BCUT2D eigenvalue weighted by Gasteiger charge is -2.10. The van der Waals surface area contributed by atoms with E-state index in [9.17, 15) is 9.90 Å². The molecule has 98 valence electrons. The van der Waals surface area contributed by atoms with Gasteiger partial charge in [-0.1, -0.05) is 15.9 Å². The van der Waals surface area contributed by atoms with Crippen molar-refractivity contribution in [2.24, 2.45) is 0 Å². The molecule has 0 unspecified atom stereocenters. The Hall–Kier alpha value is -1.72. The normalized spacial score (nSPS) is 10.3. The maximum Gasteiger partial charge on any atom is 0.255 e. The number of carbonyl (C=O) groups excluding carboxylic acids is 1. The van der Waals surface area contributed by atoms with Crippen molar-refractivity contribution in [2.75, 3.05) is 5.32 Å². The van der Waals surface area contributed by atoms with Crippen LogP contribution in [0.3, 0.4) is 0 Å². The summed E-state index contributed by atoms with van der Waals surface area (Å²) in [6.07, 6.45) is 3.10. The number of nitrogens with zero attached hydrogens (tertiary/aromatic N) is 1. The van der Waals surface area contributed by atoms with Crippen LogP contribution in [-0.2, 0) is 6.61 Å². The van der Waals surface area contributed by atoms with Crippen molar-refractivity contribution >= 4 is 27.5 Å². The van der Waals surface area contributed by atoms with Gasteiger partial charge >= 0.3 is 0 Å². The summed E-state index contributed by atoms with van der Waals surface area (Å²) in [6, 6.07) is 7.12. The monoisotopic (exact) mass is 320 g/mol. The SMILES string of the molecule is Cc1cc(Br)ccc1C(=O)Nc1cnccc1CO. The van der Waals surface area contributed by atoms with Gasteiger partial charge in [0.05, 0.1) is 18.5 Å². The first-order valence-corrected chi connectivity index (χ1v) is 6.52. The van der Waals surface area contributed by atoms with Crippen molar-refractivity contribution in [2.45, 2.75) is 13.5 Å². The van der Waals surface area contributed by atoms with Crippen molar-refractivity contribution in [3.8, 4) is 0 Å². The van der Waals surface area contributed by atoms with Crippen LogP contribution in [0.2, 0.25) is 0 Å². The van der Waals surface area contributed by atoms with Crippen LogP contribution < -0.4 is 5.32 Å². The van der Waals surface area contributed by atoms with E-state index in [-0.39, 0.29) is 12.5 Å². The van der Waals surface area contributed by atoms with Crippen molar-refractivity contribution < 1.29 is 9.90 Å². The van der Waals surface area contributed by atoms with Crippen LogP contribution in [-0.4, -0.2) is 16.0 Å². The van der Waals surface area contributed by atoms with Gasteiger partial charge in [-0.3, -0.25) is 9.78 Å². The summed E-state index contributed by atoms with van der Waals surface area (Å²) in [5, 5.41) is 12.0. The third kappa shape index (κ3) is 3.19. The molecule has 0 atom stereocenters. The molecule has 19 heavy (non-hydrogen) atoms. The van der Waals surface area contributed by atoms with E-state index < -0.39 is 0 Å². The Morgan fingerprint density at radius 1 is 1.42 bits per heavy atom. The fraction of sp³-hybridized carbons (Fsp3) is 0.143. The molecule has 4 nitrogen and oxygen atoms in total. The number of aliphatic hydroxyl groups is 1. The number of pyridine rings is 1. The molecule has 0 aliphatic heterocycles. The molecule has 0 aliphatic rings. The number of benzene rings is 1. The number of rotatable bonds is 3. The molecule has 0 radical (unpaired) electrons. The van der Waals surface area contributed by atoms with E-state index in [0.29, 0.717) is 16.8 Å². The molecular formula is C14H13BrN2O2. The first kappa shape index (κ1) is 13.7. The zero-order valence-electron chi connectivity index (χ0n) is 10.4. The maximum atomic E-state index is 12.2. The summed E-state index contributed by atoms with van der Waals surface area (Å²) >= 11 is 3.36. The molecular weight excluding hydrogens is 308 g/mol. The van der Waals surface area contributed by atoms with Crippen LogP contribution in [0.15, 0.2) is 41.1 Å². The Kier molecular flexibility index (Phi) is 4.29. The Bertz CT molecular complexity index is 614. The maximum absolute atomic E-state index is 12.2. The highest BCUT2D eigenvalue weighted by Gasteiger charge is 2.11. The average Bonchev–Trinajstić information content (AvgIpc) is 2.39. The van der Waals surface area contributed by atoms with Gasteiger partial charge in [0.15, 0.2) is 0 Å². The summed E-state index contributed by atoms with van der Waals surface area (Å²) in [6.45, 7) is 1.73. The number of anilines is 1. The number of aliphatic hydroxyl groups excluding tert-OH is 1. The molecule has 1 amide bonds. The first-order chi connectivity index (χ1) is 9.11. The van der Waals surface area contributed by atoms with Gasteiger partial charge in [-0.2, -0.15) is 0 Å². The third-order valence-corrected chi connectivity index (χ3v) is 3.26. The van der Waals surface area contributed by atoms with Gasteiger partial charge in [0, 0.05) is 21.8 Å².